The van der Waals surface area contributed by atoms with E-state index in [4.69, 9.17) is 9.47 Å². The zero-order chi connectivity index (χ0) is 24.3. The molecule has 0 aromatic heterocycles. The number of nitro benzene ring substituents is 1. The molecular weight excluding hydrogens is 460 g/mol. The molecular formula is C23H24N4O6S. The third-order valence-electron chi connectivity index (χ3n) is 5.57. The monoisotopic (exact) mass is 484 g/mol. The van der Waals surface area contributed by atoms with Gasteiger partial charge < -0.3 is 9.47 Å². The highest BCUT2D eigenvalue weighted by molar-refractivity contribution is 7.89. The van der Waals surface area contributed by atoms with Crippen molar-refractivity contribution in [3.63, 3.8) is 0 Å². The Morgan fingerprint density at radius 1 is 1.09 bits per heavy atom. The van der Waals surface area contributed by atoms with Crippen molar-refractivity contribution in [1.82, 2.24) is 4.31 Å². The molecule has 0 saturated carbocycles. The van der Waals surface area contributed by atoms with Gasteiger partial charge in [0.05, 0.1) is 36.6 Å². The predicted octanol–water partition coefficient (Wildman–Crippen LogP) is 3.61. The van der Waals surface area contributed by atoms with Crippen LogP contribution in [0.3, 0.4) is 0 Å². The third kappa shape index (κ3) is 4.86. The number of ether oxygens (including phenoxy) is 2. The second-order valence-corrected chi connectivity index (χ2v) is 9.60. The van der Waals surface area contributed by atoms with Gasteiger partial charge in [-0.3, -0.25) is 15.5 Å². The molecule has 3 aromatic rings. The van der Waals surface area contributed by atoms with Crippen LogP contribution in [0.15, 0.2) is 64.6 Å². The van der Waals surface area contributed by atoms with Crippen LogP contribution in [0.2, 0.25) is 0 Å². The third-order valence-corrected chi connectivity index (χ3v) is 7.51. The summed E-state index contributed by atoms with van der Waals surface area (Å²) in [5.41, 5.74) is 4.09. The Labute approximate surface area is 197 Å². The molecule has 0 amide bonds. The molecule has 0 atom stereocenters. The normalized spacial score (nSPS) is 15.3. The van der Waals surface area contributed by atoms with Crippen LogP contribution < -0.4 is 10.2 Å². The molecule has 1 N–H and O–H groups in total. The maximum atomic E-state index is 13.2. The molecule has 1 saturated heterocycles. The number of benzene rings is 3. The Hall–Kier alpha value is -3.54. The Bertz CT molecular complexity index is 1370. The fraction of sp³-hybridized carbons (Fsp3) is 0.261. The van der Waals surface area contributed by atoms with Crippen LogP contribution in [-0.4, -0.2) is 56.8 Å². The maximum Gasteiger partial charge on any atom is 0.270 e. The molecule has 1 aliphatic heterocycles. The molecule has 0 radical (unpaired) electrons. The van der Waals surface area contributed by atoms with Crippen LogP contribution in [-0.2, 0) is 14.8 Å². The minimum atomic E-state index is -3.99. The predicted molar refractivity (Wildman–Crippen MR) is 129 cm³/mol. The first kappa shape index (κ1) is 23.6. The van der Waals surface area contributed by atoms with Gasteiger partial charge in [-0.25, -0.2) is 8.42 Å². The van der Waals surface area contributed by atoms with Crippen molar-refractivity contribution in [3.05, 3.63) is 70.3 Å². The molecule has 0 bridgehead atoms. The first-order valence-electron chi connectivity index (χ1n) is 10.5. The van der Waals surface area contributed by atoms with Gasteiger partial charge in [0.2, 0.25) is 10.0 Å². The highest BCUT2D eigenvalue weighted by Gasteiger charge is 2.30. The smallest absolute Gasteiger partial charge is 0.270 e. The number of methoxy groups -OCH3 is 1. The lowest BCUT2D eigenvalue weighted by Crippen LogP contribution is -2.40. The molecule has 34 heavy (non-hydrogen) atoms. The summed E-state index contributed by atoms with van der Waals surface area (Å²) >= 11 is 0. The van der Waals surface area contributed by atoms with Crippen molar-refractivity contribution in [2.75, 3.05) is 38.8 Å². The lowest BCUT2D eigenvalue weighted by atomic mass is 10.0. The molecule has 0 unspecified atom stereocenters. The quantitative estimate of drug-likeness (QED) is 0.309. The van der Waals surface area contributed by atoms with Gasteiger partial charge in [0.15, 0.2) is 0 Å². The molecule has 178 valence electrons. The Morgan fingerprint density at radius 2 is 1.79 bits per heavy atom. The van der Waals surface area contributed by atoms with E-state index in [0.29, 0.717) is 5.71 Å². The van der Waals surface area contributed by atoms with Crippen LogP contribution in [0.1, 0.15) is 12.5 Å². The van der Waals surface area contributed by atoms with Gasteiger partial charge in [0, 0.05) is 25.2 Å². The van der Waals surface area contributed by atoms with Crippen molar-refractivity contribution >= 4 is 37.9 Å². The number of hydrogen-bond donors (Lipinski definition) is 1. The summed E-state index contributed by atoms with van der Waals surface area (Å²) in [6.07, 6.45) is 0. The van der Waals surface area contributed by atoms with E-state index >= 15 is 0 Å². The minimum Gasteiger partial charge on any atom is -0.497 e. The van der Waals surface area contributed by atoms with Crippen molar-refractivity contribution in [2.45, 2.75) is 11.8 Å². The van der Waals surface area contributed by atoms with Gasteiger partial charge in [-0.05, 0) is 47.5 Å². The van der Waals surface area contributed by atoms with Gasteiger partial charge in [-0.15, -0.1) is 0 Å². The van der Waals surface area contributed by atoms with Crippen LogP contribution in [0, 0.1) is 10.1 Å². The zero-order valence-electron chi connectivity index (χ0n) is 18.7. The number of anilines is 1. The summed E-state index contributed by atoms with van der Waals surface area (Å²) in [7, 11) is -2.38. The van der Waals surface area contributed by atoms with Gasteiger partial charge >= 0.3 is 0 Å². The van der Waals surface area contributed by atoms with E-state index in [0.717, 1.165) is 28.2 Å². The van der Waals surface area contributed by atoms with Crippen LogP contribution in [0.4, 0.5) is 11.4 Å². The number of nitrogens with one attached hydrogen (secondary N) is 1. The van der Waals surface area contributed by atoms with Crippen molar-refractivity contribution in [1.29, 1.82) is 0 Å². The molecule has 11 heteroatoms. The number of morpholine rings is 1. The number of non-ortho nitro benzene ring substituents is 1. The highest BCUT2D eigenvalue weighted by atomic mass is 32.2. The van der Waals surface area contributed by atoms with Crippen LogP contribution in [0.25, 0.3) is 10.8 Å². The fourth-order valence-electron chi connectivity index (χ4n) is 3.64. The van der Waals surface area contributed by atoms with Gasteiger partial charge in [-0.2, -0.15) is 9.41 Å². The largest absolute Gasteiger partial charge is 0.497 e. The van der Waals surface area contributed by atoms with Crippen molar-refractivity contribution in [2.24, 2.45) is 5.10 Å². The summed E-state index contributed by atoms with van der Waals surface area (Å²) < 4.78 is 38.2. The lowest BCUT2D eigenvalue weighted by Gasteiger charge is -2.26. The minimum absolute atomic E-state index is 0.155. The summed E-state index contributed by atoms with van der Waals surface area (Å²) in [6, 6.07) is 15.2. The molecule has 1 heterocycles. The number of rotatable bonds is 7. The summed E-state index contributed by atoms with van der Waals surface area (Å²) in [5.74, 6) is 0.763. The molecule has 3 aromatic carbocycles. The fourth-order valence-corrected chi connectivity index (χ4v) is 5.21. The standard InChI is InChI=1S/C23H24N4O6S/c1-16(17-3-4-19-14-21(32-2)7-5-18(19)13-17)24-25-22-8-6-20(27(28)29)15-23(22)34(30,31)26-9-11-33-12-10-26/h3-8,13-15,25H,9-12H2,1-2H3. The number of sulfonamides is 1. The van der Waals surface area contributed by atoms with E-state index in [9.17, 15) is 18.5 Å². The van der Waals surface area contributed by atoms with Crippen LogP contribution in [0.5, 0.6) is 5.75 Å². The average Bonchev–Trinajstić information content (AvgIpc) is 2.86. The topological polar surface area (TPSA) is 123 Å². The van der Waals surface area contributed by atoms with Gasteiger partial charge in [-0.1, -0.05) is 18.2 Å². The van der Waals surface area contributed by atoms with Crippen molar-refractivity contribution in [3.8, 4) is 5.75 Å². The molecule has 0 spiro atoms. The molecule has 10 nitrogen and oxygen atoms in total. The lowest BCUT2D eigenvalue weighted by molar-refractivity contribution is -0.385. The number of nitrogens with zero attached hydrogens (tertiary/aromatic N) is 3. The molecule has 1 aliphatic rings. The number of hydrazone groups is 1. The summed E-state index contributed by atoms with van der Waals surface area (Å²) in [6.45, 7) is 2.67. The SMILES string of the molecule is COc1ccc2cc(C(C)=NNc3ccc([N+](=O)[O-])cc3S(=O)(=O)N3CCOCC3)ccc2c1. The second kappa shape index (κ2) is 9.75. The van der Waals surface area contributed by atoms with E-state index in [2.05, 4.69) is 10.5 Å². The van der Waals surface area contributed by atoms with Gasteiger partial charge in [0.1, 0.15) is 10.6 Å². The van der Waals surface area contributed by atoms with Crippen molar-refractivity contribution < 1.29 is 22.8 Å². The first-order chi connectivity index (χ1) is 16.3. The first-order valence-corrected chi connectivity index (χ1v) is 12.0. The molecule has 1 fully saturated rings. The Kier molecular flexibility index (Phi) is 6.77. The van der Waals surface area contributed by atoms with E-state index in [1.807, 2.05) is 36.4 Å². The van der Waals surface area contributed by atoms with E-state index in [1.54, 1.807) is 14.0 Å². The molecule has 4 rings (SSSR count). The summed E-state index contributed by atoms with van der Waals surface area (Å²) in [5, 5.41) is 17.7. The van der Waals surface area contributed by atoms with Gasteiger partial charge in [0.25, 0.3) is 5.69 Å². The van der Waals surface area contributed by atoms with E-state index in [1.165, 1.54) is 16.4 Å². The highest BCUT2D eigenvalue weighted by Crippen LogP contribution is 2.30. The zero-order valence-corrected chi connectivity index (χ0v) is 19.5. The number of fused-ring (bicyclic) bond motifs is 1. The number of nitro groups is 1. The van der Waals surface area contributed by atoms with Crippen LogP contribution >= 0.6 is 0 Å². The average molecular weight is 485 g/mol. The maximum absolute atomic E-state index is 13.2. The second-order valence-electron chi connectivity index (χ2n) is 7.69. The summed E-state index contributed by atoms with van der Waals surface area (Å²) in [4.78, 5) is 10.5. The number of hydrogen-bond acceptors (Lipinski definition) is 8. The molecule has 0 aliphatic carbocycles. The van der Waals surface area contributed by atoms with E-state index < -0.39 is 14.9 Å². The Morgan fingerprint density at radius 3 is 2.50 bits per heavy atom. The Balaban J connectivity index is 1.66. The van der Waals surface area contributed by atoms with E-state index in [-0.39, 0.29) is 42.6 Å².